The first-order valence-corrected chi connectivity index (χ1v) is 7.47. The summed E-state index contributed by atoms with van der Waals surface area (Å²) in [7, 11) is 1.96. The third kappa shape index (κ3) is 5.38. The number of hydrogen-bond donors (Lipinski definition) is 1. The summed E-state index contributed by atoms with van der Waals surface area (Å²) < 4.78 is 0. The highest BCUT2D eigenvalue weighted by Crippen LogP contribution is 2.19. The van der Waals surface area contributed by atoms with Crippen molar-refractivity contribution in [3.05, 3.63) is 0 Å². The van der Waals surface area contributed by atoms with E-state index in [0.29, 0.717) is 17.9 Å². The zero-order valence-electron chi connectivity index (χ0n) is 12.5. The van der Waals surface area contributed by atoms with Gasteiger partial charge in [-0.25, -0.2) is 0 Å². The highest BCUT2D eigenvalue weighted by Gasteiger charge is 2.19. The zero-order valence-corrected chi connectivity index (χ0v) is 12.5. The predicted octanol–water partition coefficient (Wildman–Crippen LogP) is 2.66. The largest absolute Gasteiger partial charge is 0.343 e. The van der Waals surface area contributed by atoms with Crippen LogP contribution in [0.2, 0.25) is 0 Å². The summed E-state index contributed by atoms with van der Waals surface area (Å²) in [5.74, 6) is 1.73. The summed E-state index contributed by atoms with van der Waals surface area (Å²) in [5.41, 5.74) is 0. The van der Waals surface area contributed by atoms with Crippen LogP contribution in [0.3, 0.4) is 0 Å². The lowest BCUT2D eigenvalue weighted by Crippen LogP contribution is -2.36. The molecule has 106 valence electrons. The Morgan fingerprint density at radius 3 is 2.44 bits per heavy atom. The van der Waals surface area contributed by atoms with Gasteiger partial charge in [0, 0.05) is 19.5 Å². The minimum atomic E-state index is 0.321. The van der Waals surface area contributed by atoms with E-state index in [1.165, 1.54) is 12.8 Å². The fourth-order valence-electron chi connectivity index (χ4n) is 2.76. The number of nitrogens with one attached hydrogen (secondary N) is 1. The highest BCUT2D eigenvalue weighted by molar-refractivity contribution is 5.76. The van der Waals surface area contributed by atoms with Crippen molar-refractivity contribution in [3.63, 3.8) is 0 Å². The maximum atomic E-state index is 12.1. The molecule has 3 nitrogen and oxygen atoms in total. The van der Waals surface area contributed by atoms with Gasteiger partial charge >= 0.3 is 0 Å². The Morgan fingerprint density at radius 2 is 1.89 bits per heavy atom. The fraction of sp³-hybridized carbons (Fsp3) is 0.933. The first kappa shape index (κ1) is 15.5. The van der Waals surface area contributed by atoms with Crippen molar-refractivity contribution in [1.82, 2.24) is 10.2 Å². The van der Waals surface area contributed by atoms with Crippen LogP contribution < -0.4 is 5.32 Å². The van der Waals surface area contributed by atoms with Gasteiger partial charge in [0.15, 0.2) is 0 Å². The van der Waals surface area contributed by atoms with Crippen molar-refractivity contribution in [3.8, 4) is 0 Å². The lowest BCUT2D eigenvalue weighted by molar-refractivity contribution is -0.132. The average Bonchev–Trinajstić information content (AvgIpc) is 2.35. The number of nitrogens with zero attached hydrogens (tertiary/aromatic N) is 1. The molecule has 1 aliphatic rings. The number of carbonyl (C=O) groups excluding carboxylic acids is 1. The standard InChI is InChI=1S/C15H30N2O/c1-12(2)11-13(3)17(4)15(18)6-5-14-7-9-16-10-8-14/h12-14,16H,5-11H2,1-4H3. The Kier molecular flexibility index (Phi) is 6.69. The zero-order chi connectivity index (χ0) is 13.5. The molecule has 1 heterocycles. The third-order valence-corrected chi connectivity index (χ3v) is 4.09. The van der Waals surface area contributed by atoms with E-state index in [2.05, 4.69) is 26.1 Å². The molecule has 0 aromatic heterocycles. The van der Waals surface area contributed by atoms with Crippen LogP contribution in [0.1, 0.15) is 52.9 Å². The second-order valence-electron chi connectivity index (χ2n) is 6.22. The van der Waals surface area contributed by atoms with Crippen LogP contribution in [0.15, 0.2) is 0 Å². The lowest BCUT2D eigenvalue weighted by Gasteiger charge is -2.28. The van der Waals surface area contributed by atoms with Crippen LogP contribution in [0.4, 0.5) is 0 Å². The van der Waals surface area contributed by atoms with Gasteiger partial charge in [-0.3, -0.25) is 4.79 Å². The Hall–Kier alpha value is -0.570. The molecule has 0 aromatic carbocycles. The van der Waals surface area contributed by atoms with E-state index < -0.39 is 0 Å². The summed E-state index contributed by atoms with van der Waals surface area (Å²) in [6.45, 7) is 8.83. The molecule has 18 heavy (non-hydrogen) atoms. The summed E-state index contributed by atoms with van der Waals surface area (Å²) in [4.78, 5) is 14.1. The number of carbonyl (C=O) groups is 1. The van der Waals surface area contributed by atoms with E-state index in [0.717, 1.165) is 38.3 Å². The summed E-state index contributed by atoms with van der Waals surface area (Å²) in [6, 6.07) is 0.366. The first-order valence-electron chi connectivity index (χ1n) is 7.47. The van der Waals surface area contributed by atoms with Gasteiger partial charge in [-0.05, 0) is 57.5 Å². The summed E-state index contributed by atoms with van der Waals surface area (Å²) >= 11 is 0. The molecule has 1 atom stereocenters. The Labute approximate surface area is 112 Å². The highest BCUT2D eigenvalue weighted by atomic mass is 16.2. The second kappa shape index (κ2) is 7.78. The normalized spacial score (nSPS) is 18.9. The maximum absolute atomic E-state index is 12.1. The molecule has 0 radical (unpaired) electrons. The van der Waals surface area contributed by atoms with Crippen LogP contribution in [0.25, 0.3) is 0 Å². The molecule has 3 heteroatoms. The molecule has 1 fully saturated rings. The molecule has 1 amide bonds. The van der Waals surface area contributed by atoms with Gasteiger partial charge in [-0.1, -0.05) is 13.8 Å². The van der Waals surface area contributed by atoms with Gasteiger partial charge in [0.05, 0.1) is 0 Å². The minimum Gasteiger partial charge on any atom is -0.343 e. The third-order valence-electron chi connectivity index (χ3n) is 4.09. The molecular formula is C15H30N2O. The quantitative estimate of drug-likeness (QED) is 0.790. The van der Waals surface area contributed by atoms with Gasteiger partial charge in [-0.15, -0.1) is 0 Å². The van der Waals surface area contributed by atoms with E-state index in [-0.39, 0.29) is 0 Å². The Morgan fingerprint density at radius 1 is 1.28 bits per heavy atom. The van der Waals surface area contributed by atoms with Crippen LogP contribution in [0.5, 0.6) is 0 Å². The van der Waals surface area contributed by atoms with Crippen molar-refractivity contribution in [2.45, 2.75) is 58.9 Å². The molecule has 0 aliphatic carbocycles. The number of amides is 1. The molecule has 0 spiro atoms. The molecular weight excluding hydrogens is 224 g/mol. The number of rotatable bonds is 6. The van der Waals surface area contributed by atoms with Crippen LogP contribution in [-0.2, 0) is 4.79 Å². The Balaban J connectivity index is 2.26. The SMILES string of the molecule is CC(C)CC(C)N(C)C(=O)CCC1CCNCC1. The smallest absolute Gasteiger partial charge is 0.222 e. The molecule has 1 N–H and O–H groups in total. The van der Waals surface area contributed by atoms with Crippen LogP contribution >= 0.6 is 0 Å². The topological polar surface area (TPSA) is 32.3 Å². The van der Waals surface area contributed by atoms with Crippen molar-refractivity contribution >= 4 is 5.91 Å². The van der Waals surface area contributed by atoms with Gasteiger partial charge in [0.25, 0.3) is 0 Å². The number of hydrogen-bond acceptors (Lipinski definition) is 2. The fourth-order valence-corrected chi connectivity index (χ4v) is 2.76. The van der Waals surface area contributed by atoms with E-state index >= 15 is 0 Å². The van der Waals surface area contributed by atoms with Gasteiger partial charge in [0.1, 0.15) is 0 Å². The lowest BCUT2D eigenvalue weighted by atomic mass is 9.93. The van der Waals surface area contributed by atoms with Crippen molar-refractivity contribution in [2.24, 2.45) is 11.8 Å². The molecule has 0 saturated carbocycles. The molecule has 1 saturated heterocycles. The van der Waals surface area contributed by atoms with Crippen LogP contribution in [-0.4, -0.2) is 37.0 Å². The van der Waals surface area contributed by atoms with Crippen LogP contribution in [0, 0.1) is 11.8 Å². The van der Waals surface area contributed by atoms with E-state index in [9.17, 15) is 4.79 Å². The average molecular weight is 254 g/mol. The summed E-state index contributed by atoms with van der Waals surface area (Å²) in [5, 5.41) is 3.37. The maximum Gasteiger partial charge on any atom is 0.222 e. The van der Waals surface area contributed by atoms with Crippen molar-refractivity contribution in [2.75, 3.05) is 20.1 Å². The predicted molar refractivity (Wildman–Crippen MR) is 76.5 cm³/mol. The number of piperidine rings is 1. The molecule has 0 aromatic rings. The van der Waals surface area contributed by atoms with Gasteiger partial charge in [-0.2, -0.15) is 0 Å². The van der Waals surface area contributed by atoms with Gasteiger partial charge < -0.3 is 10.2 Å². The molecule has 1 aliphatic heterocycles. The second-order valence-corrected chi connectivity index (χ2v) is 6.22. The summed E-state index contributed by atoms with van der Waals surface area (Å²) in [6.07, 6.45) is 5.36. The first-order chi connectivity index (χ1) is 8.50. The van der Waals surface area contributed by atoms with Crippen molar-refractivity contribution < 1.29 is 4.79 Å². The van der Waals surface area contributed by atoms with E-state index in [4.69, 9.17) is 0 Å². The Bertz CT molecular complexity index is 247. The van der Waals surface area contributed by atoms with E-state index in [1.807, 2.05) is 11.9 Å². The monoisotopic (exact) mass is 254 g/mol. The molecule has 0 bridgehead atoms. The van der Waals surface area contributed by atoms with Crippen molar-refractivity contribution in [1.29, 1.82) is 0 Å². The van der Waals surface area contributed by atoms with Gasteiger partial charge in [0.2, 0.25) is 5.91 Å². The molecule has 1 rings (SSSR count). The van der Waals surface area contributed by atoms with E-state index in [1.54, 1.807) is 0 Å². The molecule has 1 unspecified atom stereocenters. The minimum absolute atomic E-state index is 0.321.